The number of carbonyl (C=O) groups excluding carboxylic acids is 4. The molecule has 0 saturated carbocycles. The largest absolute Gasteiger partial charge is 0.296 e. The molecule has 0 spiro atoms. The highest BCUT2D eigenvalue weighted by Crippen LogP contribution is 2.13. The molecule has 0 bridgehead atoms. The first-order valence-electron chi connectivity index (χ1n) is 5.19. The SMILES string of the molecule is CCC1CC(=O)NC1=O.O=C1CCC(=O)N1. The van der Waals surface area contributed by atoms with Crippen molar-refractivity contribution in [3.63, 3.8) is 0 Å². The molecule has 2 fully saturated rings. The normalized spacial score (nSPS) is 23.7. The maximum atomic E-state index is 10.7. The van der Waals surface area contributed by atoms with Crippen molar-refractivity contribution in [1.82, 2.24) is 10.6 Å². The maximum absolute atomic E-state index is 10.7. The van der Waals surface area contributed by atoms with Gasteiger partial charge in [-0.3, -0.25) is 29.8 Å². The van der Waals surface area contributed by atoms with Gasteiger partial charge in [0.1, 0.15) is 0 Å². The van der Waals surface area contributed by atoms with E-state index < -0.39 is 0 Å². The van der Waals surface area contributed by atoms with Gasteiger partial charge in [0.2, 0.25) is 23.6 Å². The molecule has 0 aliphatic carbocycles. The Bertz CT molecular complexity index is 324. The van der Waals surface area contributed by atoms with E-state index in [1.54, 1.807) is 0 Å². The maximum Gasteiger partial charge on any atom is 0.230 e. The van der Waals surface area contributed by atoms with Crippen LogP contribution in [0.2, 0.25) is 0 Å². The first-order chi connectivity index (χ1) is 7.52. The molecule has 0 aromatic rings. The summed E-state index contributed by atoms with van der Waals surface area (Å²) in [4.78, 5) is 41.4. The molecule has 2 saturated heterocycles. The zero-order chi connectivity index (χ0) is 12.1. The number of amides is 4. The molecule has 2 N–H and O–H groups in total. The van der Waals surface area contributed by atoms with Gasteiger partial charge in [0.25, 0.3) is 0 Å². The van der Waals surface area contributed by atoms with Crippen LogP contribution in [0.1, 0.15) is 32.6 Å². The third kappa shape index (κ3) is 3.45. The van der Waals surface area contributed by atoms with Crippen LogP contribution in [0.25, 0.3) is 0 Å². The molecule has 4 amide bonds. The van der Waals surface area contributed by atoms with Crippen molar-refractivity contribution in [2.75, 3.05) is 0 Å². The van der Waals surface area contributed by atoms with E-state index in [0.29, 0.717) is 19.3 Å². The molecule has 2 rings (SSSR count). The van der Waals surface area contributed by atoms with Crippen LogP contribution in [0, 0.1) is 5.92 Å². The average molecular weight is 226 g/mol. The molecule has 1 unspecified atom stereocenters. The van der Waals surface area contributed by atoms with Crippen molar-refractivity contribution in [2.45, 2.75) is 32.6 Å². The average Bonchev–Trinajstić information content (AvgIpc) is 2.73. The lowest BCUT2D eigenvalue weighted by atomic mass is 10.1. The standard InChI is InChI=1S/C6H9NO2.C4H5NO2/c1-2-4-3-5(8)7-6(4)9;6-3-1-2-4(7)5-3/h4H,2-3H2,1H3,(H,7,8,9);1-2H2,(H,5,6,7). The fraction of sp³-hybridized carbons (Fsp3) is 0.600. The van der Waals surface area contributed by atoms with Crippen LogP contribution in [0.3, 0.4) is 0 Å². The zero-order valence-corrected chi connectivity index (χ0v) is 9.04. The minimum Gasteiger partial charge on any atom is -0.296 e. The summed E-state index contributed by atoms with van der Waals surface area (Å²) >= 11 is 0. The van der Waals surface area contributed by atoms with Crippen molar-refractivity contribution in [3.05, 3.63) is 0 Å². The number of hydrogen-bond donors (Lipinski definition) is 2. The lowest BCUT2D eigenvalue weighted by molar-refractivity contribution is -0.127. The van der Waals surface area contributed by atoms with E-state index in [1.807, 2.05) is 6.92 Å². The number of imide groups is 2. The van der Waals surface area contributed by atoms with Crippen LogP contribution in [0.4, 0.5) is 0 Å². The van der Waals surface area contributed by atoms with Gasteiger partial charge in [-0.1, -0.05) is 6.92 Å². The summed E-state index contributed by atoms with van der Waals surface area (Å²) in [5, 5.41) is 4.38. The van der Waals surface area contributed by atoms with Crippen LogP contribution in [-0.2, 0) is 19.2 Å². The van der Waals surface area contributed by atoms with E-state index in [9.17, 15) is 19.2 Å². The first-order valence-corrected chi connectivity index (χ1v) is 5.19. The van der Waals surface area contributed by atoms with Crippen LogP contribution >= 0.6 is 0 Å². The van der Waals surface area contributed by atoms with E-state index in [1.165, 1.54) is 0 Å². The predicted octanol–water partition coefficient (Wildman–Crippen LogP) is -0.518. The number of rotatable bonds is 1. The second kappa shape index (κ2) is 5.39. The van der Waals surface area contributed by atoms with Crippen LogP contribution in [0.5, 0.6) is 0 Å². The van der Waals surface area contributed by atoms with E-state index in [-0.39, 0.29) is 29.5 Å². The Morgan fingerprint density at radius 1 is 1.00 bits per heavy atom. The van der Waals surface area contributed by atoms with Gasteiger partial charge in [0.05, 0.1) is 0 Å². The zero-order valence-electron chi connectivity index (χ0n) is 9.04. The summed E-state index contributed by atoms with van der Waals surface area (Å²) in [6, 6.07) is 0. The second-order valence-electron chi connectivity index (χ2n) is 3.69. The summed E-state index contributed by atoms with van der Waals surface area (Å²) in [6.45, 7) is 1.91. The van der Waals surface area contributed by atoms with E-state index >= 15 is 0 Å². The Balaban J connectivity index is 0.000000165. The highest BCUT2D eigenvalue weighted by molar-refractivity contribution is 6.03. The van der Waals surface area contributed by atoms with Crippen molar-refractivity contribution in [1.29, 1.82) is 0 Å². The number of carbonyl (C=O) groups is 4. The van der Waals surface area contributed by atoms with Gasteiger partial charge in [-0.15, -0.1) is 0 Å². The second-order valence-corrected chi connectivity index (χ2v) is 3.69. The van der Waals surface area contributed by atoms with Gasteiger partial charge >= 0.3 is 0 Å². The van der Waals surface area contributed by atoms with Gasteiger partial charge in [0.15, 0.2) is 0 Å². The van der Waals surface area contributed by atoms with Gasteiger partial charge < -0.3 is 0 Å². The lowest BCUT2D eigenvalue weighted by Crippen LogP contribution is -2.21. The molecular weight excluding hydrogens is 212 g/mol. The molecule has 16 heavy (non-hydrogen) atoms. The molecule has 1 atom stereocenters. The highest BCUT2D eigenvalue weighted by Gasteiger charge is 2.28. The molecule has 0 aromatic carbocycles. The Kier molecular flexibility index (Phi) is 4.16. The molecule has 2 heterocycles. The topological polar surface area (TPSA) is 92.3 Å². The molecule has 2 aliphatic heterocycles. The summed E-state index contributed by atoms with van der Waals surface area (Å²) in [5.41, 5.74) is 0. The van der Waals surface area contributed by atoms with E-state index in [2.05, 4.69) is 10.6 Å². The first kappa shape index (κ1) is 12.4. The summed E-state index contributed by atoms with van der Waals surface area (Å²) in [6.07, 6.45) is 1.89. The summed E-state index contributed by atoms with van der Waals surface area (Å²) in [7, 11) is 0. The highest BCUT2D eigenvalue weighted by atomic mass is 16.2. The van der Waals surface area contributed by atoms with Gasteiger partial charge in [-0.2, -0.15) is 0 Å². The van der Waals surface area contributed by atoms with Crippen molar-refractivity contribution < 1.29 is 19.2 Å². The minimum absolute atomic E-state index is 0.0579. The Morgan fingerprint density at radius 3 is 1.75 bits per heavy atom. The fourth-order valence-corrected chi connectivity index (χ4v) is 1.44. The smallest absolute Gasteiger partial charge is 0.230 e. The third-order valence-corrected chi connectivity index (χ3v) is 2.42. The van der Waals surface area contributed by atoms with Crippen LogP contribution in [0.15, 0.2) is 0 Å². The molecule has 2 aliphatic rings. The number of hydrogen-bond acceptors (Lipinski definition) is 4. The van der Waals surface area contributed by atoms with Crippen molar-refractivity contribution >= 4 is 23.6 Å². The Morgan fingerprint density at radius 2 is 1.56 bits per heavy atom. The summed E-state index contributed by atoms with van der Waals surface area (Å²) in [5.74, 6) is -0.596. The Labute approximate surface area is 92.8 Å². The van der Waals surface area contributed by atoms with Gasteiger partial charge in [0, 0.05) is 25.2 Å². The number of nitrogens with one attached hydrogen (secondary N) is 2. The van der Waals surface area contributed by atoms with Crippen LogP contribution < -0.4 is 10.6 Å². The fourth-order valence-electron chi connectivity index (χ4n) is 1.44. The van der Waals surface area contributed by atoms with E-state index in [0.717, 1.165) is 6.42 Å². The van der Waals surface area contributed by atoms with Crippen molar-refractivity contribution in [2.24, 2.45) is 5.92 Å². The monoisotopic (exact) mass is 226 g/mol. The molecule has 6 heteroatoms. The Hall–Kier alpha value is -1.72. The minimum atomic E-state index is -0.148. The molecule has 0 aromatic heterocycles. The third-order valence-electron chi connectivity index (χ3n) is 2.42. The van der Waals surface area contributed by atoms with E-state index in [4.69, 9.17) is 0 Å². The predicted molar refractivity (Wildman–Crippen MR) is 53.9 cm³/mol. The lowest BCUT2D eigenvalue weighted by Gasteiger charge is -1.96. The van der Waals surface area contributed by atoms with Crippen LogP contribution in [-0.4, -0.2) is 23.6 Å². The molecule has 6 nitrogen and oxygen atoms in total. The molecular formula is C10H14N2O4. The quantitative estimate of drug-likeness (QED) is 0.588. The van der Waals surface area contributed by atoms with Gasteiger partial charge in [-0.25, -0.2) is 0 Å². The van der Waals surface area contributed by atoms with Gasteiger partial charge in [-0.05, 0) is 6.42 Å². The molecule has 88 valence electrons. The summed E-state index contributed by atoms with van der Waals surface area (Å²) < 4.78 is 0. The van der Waals surface area contributed by atoms with Crippen molar-refractivity contribution in [3.8, 4) is 0 Å². The molecule has 0 radical (unpaired) electrons.